The van der Waals surface area contributed by atoms with E-state index in [2.05, 4.69) is 6.07 Å². The third-order valence-corrected chi connectivity index (χ3v) is 3.10. The summed E-state index contributed by atoms with van der Waals surface area (Å²) in [5.41, 5.74) is 1.71. The number of hydrogen-bond acceptors (Lipinski definition) is 3. The van der Waals surface area contributed by atoms with E-state index >= 15 is 0 Å². The molecule has 68 valence electrons. The number of aryl methyl sites for hydroxylation is 1. The molecular formula is C11H7NOS. The van der Waals surface area contributed by atoms with Crippen LogP contribution < -0.4 is 0 Å². The maximum Gasteiger partial charge on any atom is 0.150 e. The molecule has 0 spiro atoms. The molecule has 14 heavy (non-hydrogen) atoms. The molecule has 0 amide bonds. The van der Waals surface area contributed by atoms with Crippen molar-refractivity contribution in [2.45, 2.75) is 6.92 Å². The normalized spacial score (nSPS) is 10.0. The molecule has 0 aliphatic carbocycles. The summed E-state index contributed by atoms with van der Waals surface area (Å²) in [7, 11) is 0. The number of thiophene rings is 1. The van der Waals surface area contributed by atoms with Gasteiger partial charge < -0.3 is 0 Å². The van der Waals surface area contributed by atoms with Gasteiger partial charge in [-0.25, -0.2) is 0 Å². The number of nitriles is 1. The molecule has 2 aromatic rings. The summed E-state index contributed by atoms with van der Waals surface area (Å²) in [4.78, 5) is 11.3. The zero-order valence-corrected chi connectivity index (χ0v) is 8.39. The van der Waals surface area contributed by atoms with Crippen molar-refractivity contribution in [1.29, 1.82) is 5.26 Å². The summed E-state index contributed by atoms with van der Waals surface area (Å²) in [6.45, 7) is 1.95. The number of rotatable bonds is 1. The Balaban J connectivity index is 2.81. The fourth-order valence-electron chi connectivity index (χ4n) is 1.46. The summed E-state index contributed by atoms with van der Waals surface area (Å²) in [6, 6.07) is 7.63. The molecule has 0 fully saturated rings. The molecule has 2 nitrogen and oxygen atoms in total. The molecule has 0 radical (unpaired) electrons. The highest BCUT2D eigenvalue weighted by Crippen LogP contribution is 2.28. The van der Waals surface area contributed by atoms with Crippen LogP contribution in [-0.2, 0) is 0 Å². The molecule has 0 atom stereocenters. The topological polar surface area (TPSA) is 40.9 Å². The number of aldehydes is 1. The van der Waals surface area contributed by atoms with Gasteiger partial charge in [-0.1, -0.05) is 0 Å². The second-order valence-electron chi connectivity index (χ2n) is 3.09. The Kier molecular flexibility index (Phi) is 2.06. The Morgan fingerprint density at radius 2 is 2.21 bits per heavy atom. The maximum atomic E-state index is 10.6. The molecule has 1 aromatic heterocycles. The zero-order valence-electron chi connectivity index (χ0n) is 7.57. The van der Waals surface area contributed by atoms with E-state index in [1.807, 2.05) is 25.1 Å². The van der Waals surface area contributed by atoms with Crippen LogP contribution in [0.25, 0.3) is 10.1 Å². The van der Waals surface area contributed by atoms with Gasteiger partial charge in [0.25, 0.3) is 0 Å². The standard InChI is InChI=1S/C11H7NOS/c1-7-2-8(6-13)3-11-10(7)4-9(5-12)14-11/h2-4,6H,1H3. The minimum atomic E-state index is 0.668. The second-order valence-corrected chi connectivity index (χ2v) is 4.17. The van der Waals surface area contributed by atoms with Crippen molar-refractivity contribution < 1.29 is 4.79 Å². The van der Waals surface area contributed by atoms with Gasteiger partial charge in [-0.3, -0.25) is 4.79 Å². The summed E-state index contributed by atoms with van der Waals surface area (Å²) < 4.78 is 1.00. The van der Waals surface area contributed by atoms with Crippen LogP contribution in [0.4, 0.5) is 0 Å². The predicted molar refractivity (Wildman–Crippen MR) is 56.7 cm³/mol. The minimum absolute atomic E-state index is 0.668. The Morgan fingerprint density at radius 1 is 1.43 bits per heavy atom. The smallest absolute Gasteiger partial charge is 0.150 e. The van der Waals surface area contributed by atoms with Crippen LogP contribution in [0, 0.1) is 18.3 Å². The highest BCUT2D eigenvalue weighted by molar-refractivity contribution is 7.19. The van der Waals surface area contributed by atoms with E-state index in [0.29, 0.717) is 10.4 Å². The van der Waals surface area contributed by atoms with Crippen molar-refractivity contribution in [3.63, 3.8) is 0 Å². The number of carbonyl (C=O) groups excluding carboxylic acids is 1. The van der Waals surface area contributed by atoms with Crippen molar-refractivity contribution in [3.8, 4) is 6.07 Å². The van der Waals surface area contributed by atoms with Crippen molar-refractivity contribution >= 4 is 27.7 Å². The molecule has 0 unspecified atom stereocenters. The zero-order chi connectivity index (χ0) is 10.1. The maximum absolute atomic E-state index is 10.6. The van der Waals surface area contributed by atoms with Gasteiger partial charge in [-0.15, -0.1) is 11.3 Å². The molecule has 0 N–H and O–H groups in total. The summed E-state index contributed by atoms with van der Waals surface area (Å²) in [5, 5.41) is 9.81. The van der Waals surface area contributed by atoms with Crippen LogP contribution in [0.1, 0.15) is 20.8 Å². The number of fused-ring (bicyclic) bond motifs is 1. The molecule has 2 rings (SSSR count). The lowest BCUT2D eigenvalue weighted by atomic mass is 10.1. The Bertz CT molecular complexity index is 548. The monoisotopic (exact) mass is 201 g/mol. The first kappa shape index (κ1) is 8.92. The van der Waals surface area contributed by atoms with Crippen LogP contribution in [0.3, 0.4) is 0 Å². The highest BCUT2D eigenvalue weighted by atomic mass is 32.1. The fourth-order valence-corrected chi connectivity index (χ4v) is 2.45. The Hall–Kier alpha value is -1.66. The first-order valence-corrected chi connectivity index (χ1v) is 4.95. The molecule has 0 bridgehead atoms. The molecule has 0 aliphatic rings. The van der Waals surface area contributed by atoms with Gasteiger partial charge in [-0.2, -0.15) is 5.26 Å². The number of nitrogens with zero attached hydrogens (tertiary/aromatic N) is 1. The van der Waals surface area contributed by atoms with Gasteiger partial charge in [-0.05, 0) is 36.1 Å². The minimum Gasteiger partial charge on any atom is -0.298 e. The van der Waals surface area contributed by atoms with Gasteiger partial charge in [0.2, 0.25) is 0 Å². The van der Waals surface area contributed by atoms with Crippen LogP contribution >= 0.6 is 11.3 Å². The lowest BCUT2D eigenvalue weighted by Crippen LogP contribution is -1.81. The van der Waals surface area contributed by atoms with E-state index in [1.165, 1.54) is 11.3 Å². The SMILES string of the molecule is Cc1cc(C=O)cc2sc(C#N)cc12. The molecule has 0 saturated heterocycles. The first-order chi connectivity index (χ1) is 6.74. The lowest BCUT2D eigenvalue weighted by molar-refractivity contribution is 0.112. The summed E-state index contributed by atoms with van der Waals surface area (Å²) >= 11 is 1.42. The number of benzene rings is 1. The molecule has 1 aromatic carbocycles. The van der Waals surface area contributed by atoms with Gasteiger partial charge in [0, 0.05) is 10.3 Å². The molecule has 0 saturated carbocycles. The Labute approximate surface area is 85.4 Å². The summed E-state index contributed by atoms with van der Waals surface area (Å²) in [6.07, 6.45) is 0.832. The van der Waals surface area contributed by atoms with Crippen LogP contribution in [0.2, 0.25) is 0 Å². The largest absolute Gasteiger partial charge is 0.298 e. The molecular weight excluding hydrogens is 194 g/mol. The van der Waals surface area contributed by atoms with Crippen LogP contribution in [0.5, 0.6) is 0 Å². The Morgan fingerprint density at radius 3 is 2.86 bits per heavy atom. The molecule has 3 heteroatoms. The van der Waals surface area contributed by atoms with Gasteiger partial charge in [0.15, 0.2) is 0 Å². The molecule has 0 aliphatic heterocycles. The van der Waals surface area contributed by atoms with Gasteiger partial charge in [0.1, 0.15) is 17.2 Å². The van der Waals surface area contributed by atoms with Crippen molar-refractivity contribution in [1.82, 2.24) is 0 Å². The average Bonchev–Trinajstić information content (AvgIpc) is 2.61. The van der Waals surface area contributed by atoms with Crippen LogP contribution in [0.15, 0.2) is 18.2 Å². The third-order valence-electron chi connectivity index (χ3n) is 2.11. The lowest BCUT2D eigenvalue weighted by Gasteiger charge is -1.96. The highest BCUT2D eigenvalue weighted by Gasteiger charge is 2.05. The van der Waals surface area contributed by atoms with Crippen LogP contribution in [-0.4, -0.2) is 6.29 Å². The van der Waals surface area contributed by atoms with Gasteiger partial charge in [0.05, 0.1) is 0 Å². The van der Waals surface area contributed by atoms with Gasteiger partial charge >= 0.3 is 0 Å². The second kappa shape index (κ2) is 3.24. The fraction of sp³-hybridized carbons (Fsp3) is 0.0909. The number of carbonyl (C=O) groups is 1. The van der Waals surface area contributed by atoms with E-state index in [-0.39, 0.29) is 0 Å². The molecule has 1 heterocycles. The van der Waals surface area contributed by atoms with E-state index < -0.39 is 0 Å². The van der Waals surface area contributed by atoms with E-state index in [4.69, 9.17) is 5.26 Å². The number of hydrogen-bond donors (Lipinski definition) is 0. The first-order valence-electron chi connectivity index (χ1n) is 4.14. The van der Waals surface area contributed by atoms with Crippen molar-refractivity contribution in [2.75, 3.05) is 0 Å². The summed E-state index contributed by atoms with van der Waals surface area (Å²) in [5.74, 6) is 0. The average molecular weight is 201 g/mol. The van der Waals surface area contributed by atoms with E-state index in [9.17, 15) is 4.79 Å². The van der Waals surface area contributed by atoms with Crippen molar-refractivity contribution in [3.05, 3.63) is 34.2 Å². The van der Waals surface area contributed by atoms with E-state index in [1.54, 1.807) is 0 Å². The van der Waals surface area contributed by atoms with E-state index in [0.717, 1.165) is 21.9 Å². The predicted octanol–water partition coefficient (Wildman–Crippen LogP) is 2.89. The third kappa shape index (κ3) is 1.30. The van der Waals surface area contributed by atoms with Crippen molar-refractivity contribution in [2.24, 2.45) is 0 Å². The quantitative estimate of drug-likeness (QED) is 0.665.